The molecule has 2 aromatic rings. The van der Waals surface area contributed by atoms with Gasteiger partial charge in [0.15, 0.2) is 5.78 Å². The summed E-state index contributed by atoms with van der Waals surface area (Å²) in [5.74, 6) is -0.337. The summed E-state index contributed by atoms with van der Waals surface area (Å²) in [6, 6.07) is 4.18. The fourth-order valence-electron chi connectivity index (χ4n) is 2.01. The van der Waals surface area contributed by atoms with E-state index in [2.05, 4.69) is 10.3 Å². The second kappa shape index (κ2) is 5.98. The van der Waals surface area contributed by atoms with Crippen molar-refractivity contribution in [1.82, 2.24) is 10.3 Å². The predicted octanol–water partition coefficient (Wildman–Crippen LogP) is 2.91. The molecule has 0 saturated carbocycles. The van der Waals surface area contributed by atoms with Crippen LogP contribution < -0.4 is 5.32 Å². The van der Waals surface area contributed by atoms with Gasteiger partial charge in [0.05, 0.1) is 6.04 Å². The first-order chi connectivity index (χ1) is 8.17. The Labute approximate surface area is 111 Å². The molecule has 18 heavy (non-hydrogen) atoms. The van der Waals surface area contributed by atoms with E-state index in [1.54, 1.807) is 19.3 Å². The molecule has 0 aliphatic carbocycles. The summed E-state index contributed by atoms with van der Waals surface area (Å²) in [5, 5.41) is 3.60. The van der Waals surface area contributed by atoms with Gasteiger partial charge in [0.25, 0.3) is 0 Å². The van der Waals surface area contributed by atoms with Crippen molar-refractivity contribution in [2.45, 2.75) is 19.4 Å². The zero-order valence-corrected chi connectivity index (χ0v) is 11.1. The molecule has 0 spiro atoms. The van der Waals surface area contributed by atoms with Crippen LogP contribution in [0.4, 0.5) is 4.39 Å². The van der Waals surface area contributed by atoms with Gasteiger partial charge >= 0.3 is 0 Å². The maximum absolute atomic E-state index is 13.2. The highest BCUT2D eigenvalue weighted by molar-refractivity contribution is 6.10. The highest BCUT2D eigenvalue weighted by Crippen LogP contribution is 2.21. The van der Waals surface area contributed by atoms with E-state index in [0.29, 0.717) is 17.4 Å². The molecule has 0 amide bonds. The van der Waals surface area contributed by atoms with Gasteiger partial charge in [0, 0.05) is 22.7 Å². The molecule has 0 aliphatic heterocycles. The quantitative estimate of drug-likeness (QED) is 0.839. The van der Waals surface area contributed by atoms with Crippen LogP contribution in [0.25, 0.3) is 10.9 Å². The molecule has 1 aromatic heterocycles. The van der Waals surface area contributed by atoms with E-state index in [1.165, 1.54) is 12.1 Å². The monoisotopic (exact) mass is 270 g/mol. The maximum Gasteiger partial charge on any atom is 0.181 e. The number of halogens is 2. The molecule has 1 aromatic carbocycles. The van der Waals surface area contributed by atoms with Crippen LogP contribution in [0.1, 0.15) is 23.7 Å². The van der Waals surface area contributed by atoms with Crippen LogP contribution in [-0.4, -0.2) is 23.9 Å². The van der Waals surface area contributed by atoms with Crippen molar-refractivity contribution in [2.75, 3.05) is 7.05 Å². The molecule has 5 heteroatoms. The number of ketones is 1. The second-order valence-corrected chi connectivity index (χ2v) is 4.01. The molecule has 0 aliphatic rings. The third-order valence-corrected chi connectivity index (χ3v) is 2.98. The van der Waals surface area contributed by atoms with Crippen molar-refractivity contribution >= 4 is 29.1 Å². The van der Waals surface area contributed by atoms with Gasteiger partial charge in [-0.05, 0) is 31.7 Å². The number of hydrogen-bond donors (Lipinski definition) is 2. The molecule has 1 unspecified atom stereocenters. The lowest BCUT2D eigenvalue weighted by molar-refractivity contribution is 0.0946. The molecule has 0 saturated heterocycles. The molecule has 0 fully saturated rings. The summed E-state index contributed by atoms with van der Waals surface area (Å²) < 4.78 is 13.2. The van der Waals surface area contributed by atoms with Crippen molar-refractivity contribution in [2.24, 2.45) is 0 Å². The van der Waals surface area contributed by atoms with E-state index < -0.39 is 0 Å². The minimum absolute atomic E-state index is 0. The predicted molar refractivity (Wildman–Crippen MR) is 73.0 cm³/mol. The summed E-state index contributed by atoms with van der Waals surface area (Å²) in [4.78, 5) is 15.2. The van der Waals surface area contributed by atoms with Crippen LogP contribution in [0.15, 0.2) is 24.4 Å². The minimum atomic E-state index is -0.330. The third kappa shape index (κ3) is 2.54. The zero-order chi connectivity index (χ0) is 12.4. The summed E-state index contributed by atoms with van der Waals surface area (Å²) in [6.07, 6.45) is 2.35. The normalized spacial score (nSPS) is 12.2. The fraction of sp³-hybridized carbons (Fsp3) is 0.308. The Balaban J connectivity index is 0.00000162. The maximum atomic E-state index is 13.2. The van der Waals surface area contributed by atoms with E-state index in [4.69, 9.17) is 0 Å². The molecule has 2 rings (SSSR count). The standard InChI is InChI=1S/C13H15FN2O.ClH/c1-3-11(15-2)13(17)10-7-16-12-5-4-8(14)6-9(10)12;/h4-7,11,15-16H,3H2,1-2H3;1H. The van der Waals surface area contributed by atoms with Gasteiger partial charge in [-0.15, -0.1) is 12.4 Å². The fourth-order valence-corrected chi connectivity index (χ4v) is 2.01. The lowest BCUT2D eigenvalue weighted by Crippen LogP contribution is -2.33. The average Bonchev–Trinajstić information content (AvgIpc) is 2.73. The first kappa shape index (κ1) is 14.7. The Hall–Kier alpha value is -1.39. The number of benzene rings is 1. The van der Waals surface area contributed by atoms with Gasteiger partial charge in [-0.3, -0.25) is 4.79 Å². The molecule has 1 atom stereocenters. The van der Waals surface area contributed by atoms with Crippen LogP contribution in [0, 0.1) is 5.82 Å². The van der Waals surface area contributed by atoms with Crippen molar-refractivity contribution in [3.05, 3.63) is 35.8 Å². The van der Waals surface area contributed by atoms with E-state index in [9.17, 15) is 9.18 Å². The second-order valence-electron chi connectivity index (χ2n) is 4.01. The number of nitrogens with one attached hydrogen (secondary N) is 2. The van der Waals surface area contributed by atoms with Crippen LogP contribution in [0.2, 0.25) is 0 Å². The number of likely N-dealkylation sites (N-methyl/N-ethyl adjacent to an activating group) is 1. The SMILES string of the molecule is CCC(NC)C(=O)c1c[nH]c2ccc(F)cc12.Cl. The largest absolute Gasteiger partial charge is 0.360 e. The number of Topliss-reactive ketones (excluding diaryl/α,β-unsaturated/α-hetero) is 1. The highest BCUT2D eigenvalue weighted by atomic mass is 35.5. The van der Waals surface area contributed by atoms with Crippen molar-refractivity contribution in [3.8, 4) is 0 Å². The van der Waals surface area contributed by atoms with Crippen LogP contribution >= 0.6 is 12.4 Å². The molecular weight excluding hydrogens is 255 g/mol. The lowest BCUT2D eigenvalue weighted by atomic mass is 10.0. The Kier molecular flexibility index (Phi) is 4.87. The van der Waals surface area contributed by atoms with Gasteiger partial charge in [-0.25, -0.2) is 4.39 Å². The first-order valence-electron chi connectivity index (χ1n) is 5.65. The van der Waals surface area contributed by atoms with Crippen molar-refractivity contribution < 1.29 is 9.18 Å². The summed E-state index contributed by atoms with van der Waals surface area (Å²) in [5.41, 5.74) is 1.32. The smallest absolute Gasteiger partial charge is 0.181 e. The van der Waals surface area contributed by atoms with Crippen LogP contribution in [0.3, 0.4) is 0 Å². The number of carbonyl (C=O) groups excluding carboxylic acids is 1. The average molecular weight is 271 g/mol. The Morgan fingerprint density at radius 1 is 1.50 bits per heavy atom. The zero-order valence-electron chi connectivity index (χ0n) is 10.3. The third-order valence-electron chi connectivity index (χ3n) is 2.98. The molecule has 0 radical (unpaired) electrons. The molecule has 0 bridgehead atoms. The summed E-state index contributed by atoms with van der Waals surface area (Å²) in [6.45, 7) is 1.94. The van der Waals surface area contributed by atoms with Crippen LogP contribution in [0.5, 0.6) is 0 Å². The number of carbonyl (C=O) groups is 1. The topological polar surface area (TPSA) is 44.9 Å². The van der Waals surface area contributed by atoms with Crippen molar-refractivity contribution in [1.29, 1.82) is 0 Å². The van der Waals surface area contributed by atoms with Gasteiger partial charge < -0.3 is 10.3 Å². The Bertz CT molecular complexity index is 549. The van der Waals surface area contributed by atoms with E-state index in [0.717, 1.165) is 5.52 Å². The number of rotatable bonds is 4. The van der Waals surface area contributed by atoms with E-state index in [1.807, 2.05) is 6.92 Å². The van der Waals surface area contributed by atoms with Gasteiger partial charge in [-0.1, -0.05) is 6.92 Å². The summed E-state index contributed by atoms with van der Waals surface area (Å²) in [7, 11) is 1.75. The molecule has 2 N–H and O–H groups in total. The Morgan fingerprint density at radius 3 is 2.83 bits per heavy atom. The summed E-state index contributed by atoms with van der Waals surface area (Å²) >= 11 is 0. The van der Waals surface area contributed by atoms with Crippen LogP contribution in [-0.2, 0) is 0 Å². The molecule has 98 valence electrons. The molecule has 1 heterocycles. The van der Waals surface area contributed by atoms with E-state index >= 15 is 0 Å². The number of H-pyrrole nitrogens is 1. The Morgan fingerprint density at radius 2 is 2.22 bits per heavy atom. The number of fused-ring (bicyclic) bond motifs is 1. The number of aromatic amines is 1. The van der Waals surface area contributed by atoms with Gasteiger partial charge in [-0.2, -0.15) is 0 Å². The minimum Gasteiger partial charge on any atom is -0.360 e. The lowest BCUT2D eigenvalue weighted by Gasteiger charge is -2.11. The number of aromatic nitrogens is 1. The van der Waals surface area contributed by atoms with Gasteiger partial charge in [0.2, 0.25) is 0 Å². The first-order valence-corrected chi connectivity index (χ1v) is 5.65. The molecule has 3 nitrogen and oxygen atoms in total. The van der Waals surface area contributed by atoms with Crippen molar-refractivity contribution in [3.63, 3.8) is 0 Å². The van der Waals surface area contributed by atoms with E-state index in [-0.39, 0.29) is 30.0 Å². The highest BCUT2D eigenvalue weighted by Gasteiger charge is 2.19. The van der Waals surface area contributed by atoms with Gasteiger partial charge in [0.1, 0.15) is 5.82 Å². The number of hydrogen-bond acceptors (Lipinski definition) is 2. The molecular formula is C13H16ClFN2O.